The Kier molecular flexibility index (Phi) is 2.80. The van der Waals surface area contributed by atoms with Crippen molar-refractivity contribution in [3.05, 3.63) is 77.1 Å². The normalized spacial score (nSPS) is 12.0. The fourth-order valence-corrected chi connectivity index (χ4v) is 3.63. The summed E-state index contributed by atoms with van der Waals surface area (Å²) in [5.41, 5.74) is 7.16. The van der Waals surface area contributed by atoms with Gasteiger partial charge in [-0.05, 0) is 34.7 Å². The van der Waals surface area contributed by atoms with Gasteiger partial charge in [-0.3, -0.25) is 0 Å². The number of aromatic amines is 1. The van der Waals surface area contributed by atoms with Crippen molar-refractivity contribution in [3.8, 4) is 28.6 Å². The number of fused-ring (bicyclic) bond motifs is 4. The molecule has 0 atom stereocenters. The Balaban J connectivity index is 1.76. The van der Waals surface area contributed by atoms with E-state index in [1.807, 2.05) is 24.3 Å². The average molecular weight is 325 g/mol. The molecule has 0 spiro atoms. The van der Waals surface area contributed by atoms with E-state index in [1.54, 1.807) is 0 Å². The molecule has 0 saturated heterocycles. The molecule has 0 aliphatic heterocycles. The van der Waals surface area contributed by atoms with Crippen LogP contribution in [-0.4, -0.2) is 9.97 Å². The van der Waals surface area contributed by atoms with Gasteiger partial charge in [0.05, 0.1) is 16.6 Å². The molecule has 0 amide bonds. The topological polar surface area (TPSA) is 52.5 Å². The van der Waals surface area contributed by atoms with Crippen LogP contribution in [0.2, 0.25) is 0 Å². The fraction of sp³-hybridized carbons (Fsp3) is 0.0476. The van der Waals surface area contributed by atoms with Gasteiger partial charge in [-0.1, -0.05) is 42.5 Å². The number of hydrogen-bond donors (Lipinski definition) is 1. The lowest BCUT2D eigenvalue weighted by atomic mass is 9.99. The molecule has 0 bridgehead atoms. The van der Waals surface area contributed by atoms with Gasteiger partial charge in [0.15, 0.2) is 0 Å². The van der Waals surface area contributed by atoms with Gasteiger partial charge in [-0.15, -0.1) is 0 Å². The van der Waals surface area contributed by atoms with Gasteiger partial charge >= 0.3 is 0 Å². The molecule has 0 unspecified atom stereocenters. The highest BCUT2D eigenvalue weighted by Crippen LogP contribution is 2.42. The minimum absolute atomic E-state index is 0.00851. The lowest BCUT2D eigenvalue weighted by Gasteiger charge is -2.07. The summed E-state index contributed by atoms with van der Waals surface area (Å²) in [5, 5.41) is 9.01. The van der Waals surface area contributed by atoms with Crippen molar-refractivity contribution < 1.29 is 4.39 Å². The zero-order chi connectivity index (χ0) is 17.0. The molecule has 0 fully saturated rings. The van der Waals surface area contributed by atoms with E-state index in [9.17, 15) is 4.39 Å². The maximum atomic E-state index is 13.9. The predicted molar refractivity (Wildman–Crippen MR) is 94.4 cm³/mol. The molecule has 0 saturated carbocycles. The summed E-state index contributed by atoms with van der Waals surface area (Å²) in [4.78, 5) is 7.81. The Morgan fingerprint density at radius 3 is 2.68 bits per heavy atom. The summed E-state index contributed by atoms with van der Waals surface area (Å²) in [5.74, 6) is 0.159. The van der Waals surface area contributed by atoms with E-state index in [2.05, 4.69) is 34.2 Å². The Bertz CT molecular complexity index is 1200. The third-order valence-corrected chi connectivity index (χ3v) is 4.76. The van der Waals surface area contributed by atoms with Gasteiger partial charge in [0, 0.05) is 11.6 Å². The van der Waals surface area contributed by atoms with Crippen molar-refractivity contribution in [2.45, 2.75) is 6.42 Å². The molecule has 1 aliphatic rings. The monoisotopic (exact) mass is 325 g/mol. The second-order valence-electron chi connectivity index (χ2n) is 6.22. The van der Waals surface area contributed by atoms with E-state index < -0.39 is 5.82 Å². The van der Waals surface area contributed by atoms with Crippen LogP contribution in [0.4, 0.5) is 4.39 Å². The lowest BCUT2D eigenvalue weighted by molar-refractivity contribution is 0.625. The van der Waals surface area contributed by atoms with Crippen molar-refractivity contribution in [2.24, 2.45) is 0 Å². The SMILES string of the molecule is N#Cc1cc2nc(-c3cccc4c3-c3ccccc3C4)[nH]c2cc1F. The van der Waals surface area contributed by atoms with Crippen molar-refractivity contribution in [1.82, 2.24) is 9.97 Å². The standard InChI is InChI=1S/C21H12FN3/c22-17-10-19-18(9-14(17)11-23)24-21(25-19)16-7-3-5-13-8-12-4-1-2-6-15(12)20(13)16/h1-7,9-10H,8H2,(H,24,25). The van der Waals surface area contributed by atoms with Crippen LogP contribution in [0.15, 0.2) is 54.6 Å². The smallest absolute Gasteiger partial charge is 0.143 e. The van der Waals surface area contributed by atoms with E-state index in [1.165, 1.54) is 34.4 Å². The number of aromatic nitrogens is 2. The number of rotatable bonds is 1. The van der Waals surface area contributed by atoms with Gasteiger partial charge in [-0.2, -0.15) is 5.26 Å². The number of halogens is 1. The second kappa shape index (κ2) is 5.02. The molecule has 4 aromatic rings. The second-order valence-corrected chi connectivity index (χ2v) is 6.22. The zero-order valence-electron chi connectivity index (χ0n) is 13.2. The predicted octanol–water partition coefficient (Wildman–Crippen LogP) is 4.81. The third-order valence-electron chi connectivity index (χ3n) is 4.76. The largest absolute Gasteiger partial charge is 0.338 e. The lowest BCUT2D eigenvalue weighted by Crippen LogP contribution is -1.87. The van der Waals surface area contributed by atoms with Crippen LogP contribution < -0.4 is 0 Å². The Hall–Kier alpha value is -3.45. The number of H-pyrrole nitrogens is 1. The van der Waals surface area contributed by atoms with Crippen molar-refractivity contribution in [2.75, 3.05) is 0 Å². The van der Waals surface area contributed by atoms with Crippen molar-refractivity contribution >= 4 is 11.0 Å². The summed E-state index contributed by atoms with van der Waals surface area (Å²) in [6.07, 6.45) is 0.910. The molecule has 3 aromatic carbocycles. The van der Waals surface area contributed by atoms with Crippen LogP contribution in [0.1, 0.15) is 16.7 Å². The van der Waals surface area contributed by atoms with E-state index in [-0.39, 0.29) is 5.56 Å². The maximum Gasteiger partial charge on any atom is 0.143 e. The molecule has 1 heterocycles. The highest BCUT2D eigenvalue weighted by Gasteiger charge is 2.22. The molecular weight excluding hydrogens is 313 g/mol. The maximum absolute atomic E-state index is 13.9. The summed E-state index contributed by atoms with van der Waals surface area (Å²) >= 11 is 0. The van der Waals surface area contributed by atoms with E-state index in [0.29, 0.717) is 16.9 Å². The van der Waals surface area contributed by atoms with Gasteiger partial charge in [0.2, 0.25) is 0 Å². The molecular formula is C21H12FN3. The molecule has 1 aliphatic carbocycles. The molecule has 118 valence electrons. The molecule has 1 aromatic heterocycles. The quantitative estimate of drug-likeness (QED) is 0.481. The summed E-state index contributed by atoms with van der Waals surface area (Å²) in [6.45, 7) is 0. The summed E-state index contributed by atoms with van der Waals surface area (Å²) < 4.78 is 13.9. The highest BCUT2D eigenvalue weighted by molar-refractivity contribution is 5.91. The summed E-state index contributed by atoms with van der Waals surface area (Å²) in [6, 6.07) is 19.2. The van der Waals surface area contributed by atoms with Crippen LogP contribution in [0.3, 0.4) is 0 Å². The van der Waals surface area contributed by atoms with E-state index in [0.717, 1.165) is 12.0 Å². The van der Waals surface area contributed by atoms with Crippen LogP contribution in [0.25, 0.3) is 33.5 Å². The van der Waals surface area contributed by atoms with Gasteiger partial charge in [-0.25, -0.2) is 9.37 Å². The van der Waals surface area contributed by atoms with Crippen LogP contribution in [0, 0.1) is 17.1 Å². The number of nitriles is 1. The number of nitrogens with one attached hydrogen (secondary N) is 1. The highest BCUT2D eigenvalue weighted by atomic mass is 19.1. The third kappa shape index (κ3) is 1.99. The number of nitrogens with zero attached hydrogens (tertiary/aromatic N) is 2. The minimum Gasteiger partial charge on any atom is -0.338 e. The first-order valence-electron chi connectivity index (χ1n) is 8.04. The van der Waals surface area contributed by atoms with Gasteiger partial charge in [0.1, 0.15) is 17.7 Å². The Morgan fingerprint density at radius 2 is 1.80 bits per heavy atom. The van der Waals surface area contributed by atoms with Crippen LogP contribution >= 0.6 is 0 Å². The first-order valence-corrected chi connectivity index (χ1v) is 8.04. The summed E-state index contributed by atoms with van der Waals surface area (Å²) in [7, 11) is 0. The zero-order valence-corrected chi connectivity index (χ0v) is 13.2. The average Bonchev–Trinajstić information content (AvgIpc) is 3.21. The first-order chi connectivity index (χ1) is 12.2. The molecule has 0 radical (unpaired) electrons. The molecule has 1 N–H and O–H groups in total. The van der Waals surface area contributed by atoms with Gasteiger partial charge < -0.3 is 4.98 Å². The van der Waals surface area contributed by atoms with E-state index in [4.69, 9.17) is 5.26 Å². The first kappa shape index (κ1) is 13.9. The molecule has 3 nitrogen and oxygen atoms in total. The number of imidazole rings is 1. The Labute approximate surface area is 143 Å². The van der Waals surface area contributed by atoms with Crippen LogP contribution in [0.5, 0.6) is 0 Å². The Morgan fingerprint density at radius 1 is 1.00 bits per heavy atom. The van der Waals surface area contributed by atoms with Gasteiger partial charge in [0.25, 0.3) is 0 Å². The molecule has 25 heavy (non-hydrogen) atoms. The fourth-order valence-electron chi connectivity index (χ4n) is 3.63. The van der Waals surface area contributed by atoms with Crippen molar-refractivity contribution in [3.63, 3.8) is 0 Å². The van der Waals surface area contributed by atoms with Crippen molar-refractivity contribution in [1.29, 1.82) is 5.26 Å². The minimum atomic E-state index is -0.533. The van der Waals surface area contributed by atoms with E-state index >= 15 is 0 Å². The molecule has 4 heteroatoms. The molecule has 5 rings (SSSR count). The number of benzene rings is 3. The number of hydrogen-bond acceptors (Lipinski definition) is 2. The van der Waals surface area contributed by atoms with Crippen LogP contribution in [-0.2, 0) is 6.42 Å².